The predicted octanol–water partition coefficient (Wildman–Crippen LogP) is 3.43. The molecule has 0 aliphatic heterocycles. The van der Waals surface area contributed by atoms with Gasteiger partial charge in [-0.15, -0.1) is 0 Å². The lowest BCUT2D eigenvalue weighted by Crippen LogP contribution is -2.40. The summed E-state index contributed by atoms with van der Waals surface area (Å²) in [6, 6.07) is 6.08. The SMILES string of the molecule is CN(C)C(=O)c1nccc(Nc2c(N[C@@H](c3cccc(CF)n3)C3(C)CCCC3)c(=O)c2=O)c1O. The van der Waals surface area contributed by atoms with E-state index < -0.39 is 35.2 Å². The van der Waals surface area contributed by atoms with Gasteiger partial charge in [-0.3, -0.25) is 19.4 Å². The van der Waals surface area contributed by atoms with Crippen LogP contribution in [0.4, 0.5) is 21.5 Å². The number of aromatic nitrogens is 2. The third-order valence-electron chi connectivity index (χ3n) is 6.70. The molecule has 3 aromatic rings. The molecule has 184 valence electrons. The van der Waals surface area contributed by atoms with Crippen molar-refractivity contribution in [3.8, 4) is 5.75 Å². The highest BCUT2D eigenvalue weighted by Crippen LogP contribution is 2.48. The number of alkyl halides is 1. The molecule has 1 aliphatic rings. The van der Waals surface area contributed by atoms with Crippen LogP contribution in [0.3, 0.4) is 0 Å². The zero-order valence-corrected chi connectivity index (χ0v) is 19.9. The van der Waals surface area contributed by atoms with Crippen LogP contribution in [0, 0.1) is 5.41 Å². The van der Waals surface area contributed by atoms with E-state index in [2.05, 4.69) is 27.5 Å². The van der Waals surface area contributed by atoms with Crippen LogP contribution in [0.1, 0.15) is 60.5 Å². The first-order valence-electron chi connectivity index (χ1n) is 11.4. The van der Waals surface area contributed by atoms with Crippen LogP contribution in [0.25, 0.3) is 0 Å². The standard InChI is InChI=1S/C25H28FN5O4/c1-25(10-4-5-11-25)23(16-8-6-7-14(13-26)28-16)30-18-17(21(33)22(18)34)29-15-9-12-27-19(20(15)32)24(35)31(2)3/h6-9,12,23,30,32H,4-5,10-11,13H2,1-3H3,(H,27,29)/t23-/m0/s1. The molecule has 1 aliphatic carbocycles. The zero-order valence-electron chi connectivity index (χ0n) is 19.9. The molecule has 3 N–H and O–H groups in total. The summed E-state index contributed by atoms with van der Waals surface area (Å²) >= 11 is 0. The first kappa shape index (κ1) is 24.3. The minimum atomic E-state index is -0.745. The molecule has 2 heterocycles. The predicted molar refractivity (Wildman–Crippen MR) is 131 cm³/mol. The molecule has 1 saturated carbocycles. The summed E-state index contributed by atoms with van der Waals surface area (Å²) in [5.41, 5.74) is -0.885. The Labute approximate surface area is 201 Å². The van der Waals surface area contributed by atoms with E-state index in [9.17, 15) is 23.9 Å². The number of halogens is 1. The average Bonchev–Trinajstić information content (AvgIpc) is 3.30. The number of pyridine rings is 2. The number of amides is 1. The van der Waals surface area contributed by atoms with Crippen molar-refractivity contribution in [3.63, 3.8) is 0 Å². The summed E-state index contributed by atoms with van der Waals surface area (Å²) < 4.78 is 13.3. The summed E-state index contributed by atoms with van der Waals surface area (Å²) in [4.78, 5) is 47.0. The molecule has 0 unspecified atom stereocenters. The molecule has 10 heteroatoms. The summed E-state index contributed by atoms with van der Waals surface area (Å²) in [6.45, 7) is 1.38. The third-order valence-corrected chi connectivity index (χ3v) is 6.70. The lowest BCUT2D eigenvalue weighted by atomic mass is 9.78. The fourth-order valence-corrected chi connectivity index (χ4v) is 4.66. The minimum absolute atomic E-state index is 0.0204. The van der Waals surface area contributed by atoms with Gasteiger partial charge in [-0.25, -0.2) is 9.37 Å². The lowest BCUT2D eigenvalue weighted by molar-refractivity contribution is 0.0819. The second-order valence-corrected chi connectivity index (χ2v) is 9.41. The second kappa shape index (κ2) is 9.44. The number of carbonyl (C=O) groups is 1. The Morgan fingerprint density at radius 2 is 1.86 bits per heavy atom. The van der Waals surface area contributed by atoms with Crippen LogP contribution in [0.5, 0.6) is 5.75 Å². The number of nitrogens with zero attached hydrogens (tertiary/aromatic N) is 3. The zero-order chi connectivity index (χ0) is 25.3. The quantitative estimate of drug-likeness (QED) is 0.418. The normalized spacial score (nSPS) is 15.7. The van der Waals surface area contributed by atoms with Crippen LogP contribution in [-0.2, 0) is 6.67 Å². The van der Waals surface area contributed by atoms with E-state index in [0.29, 0.717) is 11.4 Å². The summed E-state index contributed by atoms with van der Waals surface area (Å²) in [5.74, 6) is -0.940. The molecule has 1 amide bonds. The summed E-state index contributed by atoms with van der Waals surface area (Å²) in [6.07, 6.45) is 5.12. The molecule has 1 atom stereocenters. The van der Waals surface area contributed by atoms with E-state index in [4.69, 9.17) is 0 Å². The monoisotopic (exact) mass is 481 g/mol. The number of rotatable bonds is 8. The Kier molecular flexibility index (Phi) is 6.56. The van der Waals surface area contributed by atoms with Gasteiger partial charge in [-0.2, -0.15) is 0 Å². The van der Waals surface area contributed by atoms with E-state index in [1.54, 1.807) is 18.2 Å². The molecule has 35 heavy (non-hydrogen) atoms. The van der Waals surface area contributed by atoms with Crippen molar-refractivity contribution in [1.82, 2.24) is 14.9 Å². The van der Waals surface area contributed by atoms with Crippen LogP contribution < -0.4 is 21.5 Å². The average molecular weight is 482 g/mol. The Balaban J connectivity index is 1.70. The van der Waals surface area contributed by atoms with Gasteiger partial charge in [0.05, 0.1) is 23.1 Å². The van der Waals surface area contributed by atoms with Gasteiger partial charge >= 0.3 is 0 Å². The number of anilines is 3. The molecular formula is C25H28FN5O4. The van der Waals surface area contributed by atoms with E-state index >= 15 is 0 Å². The number of hydrogen-bond acceptors (Lipinski definition) is 8. The molecule has 4 rings (SSSR count). The van der Waals surface area contributed by atoms with Crippen molar-refractivity contribution in [2.75, 3.05) is 24.7 Å². The van der Waals surface area contributed by atoms with Crippen molar-refractivity contribution in [1.29, 1.82) is 0 Å². The second-order valence-electron chi connectivity index (χ2n) is 9.41. The Morgan fingerprint density at radius 1 is 1.17 bits per heavy atom. The summed E-state index contributed by atoms with van der Waals surface area (Å²) in [5, 5.41) is 16.6. The van der Waals surface area contributed by atoms with Crippen molar-refractivity contribution >= 4 is 23.0 Å². The van der Waals surface area contributed by atoms with Gasteiger partial charge in [0.1, 0.15) is 18.0 Å². The van der Waals surface area contributed by atoms with Gasteiger partial charge in [-0.1, -0.05) is 25.8 Å². The largest absolute Gasteiger partial charge is 0.504 e. The van der Waals surface area contributed by atoms with E-state index in [0.717, 1.165) is 25.7 Å². The molecule has 1 fully saturated rings. The first-order chi connectivity index (χ1) is 16.7. The van der Waals surface area contributed by atoms with Gasteiger partial charge in [-0.05, 0) is 36.5 Å². The highest BCUT2D eigenvalue weighted by Gasteiger charge is 2.40. The van der Waals surface area contributed by atoms with Crippen LogP contribution in [0.15, 0.2) is 40.1 Å². The maximum atomic E-state index is 13.3. The van der Waals surface area contributed by atoms with Crippen molar-refractivity contribution < 1.29 is 14.3 Å². The highest BCUT2D eigenvalue weighted by atomic mass is 19.1. The maximum absolute atomic E-state index is 13.3. The van der Waals surface area contributed by atoms with Crippen LogP contribution in [-0.4, -0.2) is 40.0 Å². The van der Waals surface area contributed by atoms with Gasteiger partial charge in [0.2, 0.25) is 0 Å². The fraction of sp³-hybridized carbons (Fsp3) is 0.400. The van der Waals surface area contributed by atoms with Crippen molar-refractivity contribution in [2.45, 2.75) is 45.3 Å². The van der Waals surface area contributed by atoms with Crippen LogP contribution in [0.2, 0.25) is 0 Å². The molecule has 0 spiro atoms. The number of aromatic hydroxyl groups is 1. The molecule has 0 saturated heterocycles. The van der Waals surface area contributed by atoms with Gasteiger partial charge < -0.3 is 20.6 Å². The first-order valence-corrected chi connectivity index (χ1v) is 11.4. The van der Waals surface area contributed by atoms with Gasteiger partial charge in [0, 0.05) is 20.3 Å². The van der Waals surface area contributed by atoms with Gasteiger partial charge in [0.15, 0.2) is 11.4 Å². The molecule has 2 aromatic heterocycles. The fourth-order valence-electron chi connectivity index (χ4n) is 4.66. The van der Waals surface area contributed by atoms with E-state index in [-0.39, 0.29) is 28.2 Å². The van der Waals surface area contributed by atoms with E-state index in [1.807, 2.05) is 0 Å². The number of hydrogen-bond donors (Lipinski definition) is 3. The molecule has 9 nitrogen and oxygen atoms in total. The molecule has 1 aromatic carbocycles. The van der Waals surface area contributed by atoms with E-state index in [1.165, 1.54) is 31.3 Å². The van der Waals surface area contributed by atoms with Crippen molar-refractivity contribution in [3.05, 3.63) is 68.0 Å². The Hall–Kier alpha value is -3.82. The third kappa shape index (κ3) is 4.48. The summed E-state index contributed by atoms with van der Waals surface area (Å²) in [7, 11) is 3.05. The topological polar surface area (TPSA) is 125 Å². The van der Waals surface area contributed by atoms with Crippen molar-refractivity contribution in [2.24, 2.45) is 5.41 Å². The Morgan fingerprint density at radius 3 is 2.51 bits per heavy atom. The molecule has 0 bridgehead atoms. The number of nitrogens with one attached hydrogen (secondary N) is 2. The highest BCUT2D eigenvalue weighted by molar-refractivity contribution is 5.97. The lowest BCUT2D eigenvalue weighted by Gasteiger charge is -2.36. The molecular weight excluding hydrogens is 453 g/mol. The maximum Gasteiger partial charge on any atom is 0.275 e. The minimum Gasteiger partial charge on any atom is -0.504 e. The van der Waals surface area contributed by atoms with Crippen LogP contribution >= 0.6 is 0 Å². The smallest absolute Gasteiger partial charge is 0.275 e. The Bertz CT molecular complexity index is 1330. The number of carbonyl (C=O) groups excluding carboxylic acids is 1. The van der Waals surface area contributed by atoms with Gasteiger partial charge in [0.25, 0.3) is 16.8 Å². The molecule has 0 radical (unpaired) electrons.